The van der Waals surface area contributed by atoms with Crippen LogP contribution in [0.1, 0.15) is 17.1 Å². The molecule has 0 aliphatic heterocycles. The largest absolute Gasteiger partial charge is 0.493 e. The minimum Gasteiger partial charge on any atom is -0.493 e. The first kappa shape index (κ1) is 19.5. The van der Waals surface area contributed by atoms with Gasteiger partial charge in [-0.2, -0.15) is 5.10 Å². The summed E-state index contributed by atoms with van der Waals surface area (Å²) in [7, 11) is 6.66. The smallest absolute Gasteiger partial charge is 0.203 e. The van der Waals surface area contributed by atoms with E-state index < -0.39 is 0 Å². The molecule has 0 fully saturated rings. The average molecular weight is 383 g/mol. The van der Waals surface area contributed by atoms with Crippen LogP contribution in [0.3, 0.4) is 0 Å². The third-order valence-corrected chi connectivity index (χ3v) is 4.52. The number of hydrogen-bond acceptors (Lipinski definition) is 7. The second-order valence-corrected chi connectivity index (χ2v) is 6.43. The van der Waals surface area contributed by atoms with E-state index in [9.17, 15) is 0 Å². The Balaban J connectivity index is 2.03. The summed E-state index contributed by atoms with van der Waals surface area (Å²) in [5, 5.41) is 7.77. The van der Waals surface area contributed by atoms with Crippen molar-refractivity contribution in [1.29, 1.82) is 0 Å². The lowest BCUT2D eigenvalue weighted by atomic mass is 10.2. The second kappa shape index (κ2) is 7.75. The van der Waals surface area contributed by atoms with Crippen LogP contribution in [0.25, 0.3) is 11.4 Å². The lowest BCUT2D eigenvalue weighted by Crippen LogP contribution is -2.02. The standard InChI is InChI=1S/C20H25N5O3/c1-11-8-17(23-20(21-11)18-12(2)24-25(4)13(18)3)22-14-9-15(26-5)19(28-7)16(10-14)27-6/h8-10H,1-7H3,(H,21,22,23). The van der Waals surface area contributed by atoms with Crippen LogP contribution >= 0.6 is 0 Å². The van der Waals surface area contributed by atoms with E-state index in [0.717, 1.165) is 28.3 Å². The van der Waals surface area contributed by atoms with Crippen molar-refractivity contribution in [1.82, 2.24) is 19.7 Å². The Morgan fingerprint density at radius 3 is 2.04 bits per heavy atom. The normalized spacial score (nSPS) is 10.7. The van der Waals surface area contributed by atoms with Crippen molar-refractivity contribution in [3.8, 4) is 28.6 Å². The second-order valence-electron chi connectivity index (χ2n) is 6.43. The van der Waals surface area contributed by atoms with Gasteiger partial charge in [0.25, 0.3) is 0 Å². The maximum Gasteiger partial charge on any atom is 0.203 e. The van der Waals surface area contributed by atoms with Gasteiger partial charge in [0.15, 0.2) is 17.3 Å². The van der Waals surface area contributed by atoms with Gasteiger partial charge in [-0.1, -0.05) is 0 Å². The van der Waals surface area contributed by atoms with Crippen molar-refractivity contribution in [3.05, 3.63) is 35.3 Å². The predicted molar refractivity (Wildman–Crippen MR) is 108 cm³/mol. The van der Waals surface area contributed by atoms with E-state index in [-0.39, 0.29) is 0 Å². The van der Waals surface area contributed by atoms with Gasteiger partial charge in [-0.3, -0.25) is 4.68 Å². The number of nitrogens with zero attached hydrogens (tertiary/aromatic N) is 4. The zero-order valence-electron chi connectivity index (χ0n) is 17.2. The Labute approximate surface area is 164 Å². The highest BCUT2D eigenvalue weighted by molar-refractivity contribution is 5.69. The quantitative estimate of drug-likeness (QED) is 0.696. The van der Waals surface area contributed by atoms with E-state index in [1.54, 1.807) is 21.3 Å². The highest BCUT2D eigenvalue weighted by Gasteiger charge is 2.17. The van der Waals surface area contributed by atoms with Gasteiger partial charge in [0.1, 0.15) is 5.82 Å². The van der Waals surface area contributed by atoms with Crippen molar-refractivity contribution in [2.45, 2.75) is 20.8 Å². The lowest BCUT2D eigenvalue weighted by Gasteiger charge is -2.15. The molecule has 0 bridgehead atoms. The fourth-order valence-electron chi connectivity index (χ4n) is 3.14. The van der Waals surface area contributed by atoms with Crippen LogP contribution in [0.2, 0.25) is 0 Å². The van der Waals surface area contributed by atoms with Gasteiger partial charge in [-0.05, 0) is 20.8 Å². The molecule has 3 rings (SSSR count). The van der Waals surface area contributed by atoms with Crippen molar-refractivity contribution in [2.24, 2.45) is 7.05 Å². The number of aryl methyl sites for hydroxylation is 3. The van der Waals surface area contributed by atoms with Gasteiger partial charge >= 0.3 is 0 Å². The monoisotopic (exact) mass is 383 g/mol. The Bertz CT molecular complexity index is 988. The van der Waals surface area contributed by atoms with E-state index in [1.165, 1.54) is 0 Å². The fourth-order valence-corrected chi connectivity index (χ4v) is 3.14. The summed E-state index contributed by atoms with van der Waals surface area (Å²) in [4.78, 5) is 9.30. The van der Waals surface area contributed by atoms with Crippen LogP contribution in [0.5, 0.6) is 17.2 Å². The number of ether oxygens (including phenoxy) is 3. The number of aromatic nitrogens is 4. The molecule has 1 N–H and O–H groups in total. The predicted octanol–water partition coefficient (Wildman–Crippen LogP) is 3.57. The minimum atomic E-state index is 0.539. The van der Waals surface area contributed by atoms with E-state index in [2.05, 4.69) is 15.4 Å². The molecule has 0 saturated heterocycles. The Kier molecular flexibility index (Phi) is 5.39. The number of rotatable bonds is 6. The molecule has 0 spiro atoms. The van der Waals surface area contributed by atoms with Crippen LogP contribution < -0.4 is 19.5 Å². The number of nitrogens with one attached hydrogen (secondary N) is 1. The lowest BCUT2D eigenvalue weighted by molar-refractivity contribution is 0.324. The molecular weight excluding hydrogens is 358 g/mol. The zero-order chi connectivity index (χ0) is 20.4. The molecule has 0 aliphatic rings. The minimum absolute atomic E-state index is 0.539. The van der Waals surface area contributed by atoms with Crippen LogP contribution in [0.4, 0.5) is 11.5 Å². The van der Waals surface area contributed by atoms with Crippen molar-refractivity contribution >= 4 is 11.5 Å². The SMILES string of the molecule is COc1cc(Nc2cc(C)nc(-c3c(C)nn(C)c3C)n2)cc(OC)c1OC. The van der Waals surface area contributed by atoms with Crippen molar-refractivity contribution in [2.75, 3.05) is 26.6 Å². The van der Waals surface area contributed by atoms with Crippen LogP contribution in [0, 0.1) is 20.8 Å². The van der Waals surface area contributed by atoms with Crippen molar-refractivity contribution < 1.29 is 14.2 Å². The van der Waals surface area contributed by atoms with Gasteiger partial charge in [0.2, 0.25) is 5.75 Å². The molecule has 0 atom stereocenters. The van der Waals surface area contributed by atoms with Crippen molar-refractivity contribution in [3.63, 3.8) is 0 Å². The fraction of sp³-hybridized carbons (Fsp3) is 0.350. The van der Waals surface area contributed by atoms with Gasteiger partial charge in [-0.25, -0.2) is 9.97 Å². The molecule has 2 heterocycles. The van der Waals surface area contributed by atoms with Gasteiger partial charge in [0.05, 0.1) is 32.6 Å². The average Bonchev–Trinajstić information content (AvgIpc) is 2.92. The molecule has 0 aliphatic carbocycles. The summed E-state index contributed by atoms with van der Waals surface area (Å²) in [6.07, 6.45) is 0. The molecule has 8 heteroatoms. The summed E-state index contributed by atoms with van der Waals surface area (Å²) in [5.74, 6) is 2.97. The molecule has 8 nitrogen and oxygen atoms in total. The van der Waals surface area contributed by atoms with Gasteiger partial charge in [0, 0.05) is 42.3 Å². The summed E-state index contributed by atoms with van der Waals surface area (Å²) < 4.78 is 18.1. The van der Waals surface area contributed by atoms with Crippen LogP contribution in [-0.2, 0) is 7.05 Å². The molecule has 28 heavy (non-hydrogen) atoms. The topological polar surface area (TPSA) is 83.3 Å². The molecule has 2 aromatic heterocycles. The van der Waals surface area contributed by atoms with Gasteiger partial charge < -0.3 is 19.5 Å². The molecular formula is C20H25N5O3. The van der Waals surface area contributed by atoms with E-state index in [1.807, 2.05) is 50.7 Å². The third-order valence-electron chi connectivity index (χ3n) is 4.52. The number of anilines is 2. The zero-order valence-corrected chi connectivity index (χ0v) is 17.2. The molecule has 0 radical (unpaired) electrons. The maximum absolute atomic E-state index is 5.42. The van der Waals surface area contributed by atoms with E-state index in [4.69, 9.17) is 19.2 Å². The first-order chi connectivity index (χ1) is 13.4. The molecule has 3 aromatic rings. The first-order valence-corrected chi connectivity index (χ1v) is 8.81. The Morgan fingerprint density at radius 2 is 1.54 bits per heavy atom. The summed E-state index contributed by atoms with van der Waals surface area (Å²) in [5.41, 5.74) is 4.46. The first-order valence-electron chi connectivity index (χ1n) is 8.81. The van der Waals surface area contributed by atoms with E-state index >= 15 is 0 Å². The molecule has 0 unspecified atom stereocenters. The maximum atomic E-state index is 5.42. The van der Waals surface area contributed by atoms with Gasteiger partial charge in [-0.15, -0.1) is 0 Å². The number of methoxy groups -OCH3 is 3. The summed E-state index contributed by atoms with van der Waals surface area (Å²) >= 11 is 0. The summed E-state index contributed by atoms with van der Waals surface area (Å²) in [6, 6.07) is 5.55. The molecule has 1 aromatic carbocycles. The molecule has 0 amide bonds. The van der Waals surface area contributed by atoms with Crippen LogP contribution in [-0.4, -0.2) is 41.1 Å². The van der Waals surface area contributed by atoms with Crippen LogP contribution in [0.15, 0.2) is 18.2 Å². The molecule has 0 saturated carbocycles. The Morgan fingerprint density at radius 1 is 0.893 bits per heavy atom. The third kappa shape index (κ3) is 3.58. The number of benzene rings is 1. The Hall–Kier alpha value is -3.29. The molecule has 148 valence electrons. The summed E-state index contributed by atoms with van der Waals surface area (Å²) in [6.45, 7) is 5.90. The number of hydrogen-bond donors (Lipinski definition) is 1. The highest BCUT2D eigenvalue weighted by atomic mass is 16.5. The van der Waals surface area contributed by atoms with E-state index in [0.29, 0.717) is 28.9 Å². The highest BCUT2D eigenvalue weighted by Crippen LogP contribution is 2.40.